The summed E-state index contributed by atoms with van der Waals surface area (Å²) in [5, 5.41) is 21.6. The Kier molecular flexibility index (Phi) is 4.60. The zero-order valence-corrected chi connectivity index (χ0v) is 13.0. The molecule has 0 amide bonds. The van der Waals surface area contributed by atoms with Gasteiger partial charge in [-0.2, -0.15) is 10.5 Å². The van der Waals surface area contributed by atoms with Gasteiger partial charge in [0, 0.05) is 12.2 Å². The van der Waals surface area contributed by atoms with Crippen molar-refractivity contribution in [2.45, 2.75) is 32.2 Å². The second-order valence-corrected chi connectivity index (χ2v) is 6.05. The molecule has 3 nitrogen and oxygen atoms in total. The third-order valence-electron chi connectivity index (χ3n) is 4.58. The minimum absolute atomic E-state index is 0.258. The second-order valence-electron chi connectivity index (χ2n) is 6.05. The molecule has 0 saturated carbocycles. The van der Waals surface area contributed by atoms with E-state index in [0.29, 0.717) is 5.92 Å². The number of nitrogens with zero attached hydrogens (tertiary/aromatic N) is 2. The zero-order valence-electron chi connectivity index (χ0n) is 13.0. The normalized spacial score (nSPS) is 19.6. The number of hydrogen-bond acceptors (Lipinski definition) is 3. The molecule has 23 heavy (non-hydrogen) atoms. The highest BCUT2D eigenvalue weighted by molar-refractivity contribution is 5.49. The van der Waals surface area contributed by atoms with Crippen molar-refractivity contribution < 1.29 is 0 Å². The summed E-state index contributed by atoms with van der Waals surface area (Å²) in [6, 6.07) is 14.4. The largest absolute Gasteiger partial charge is 0.384 e. The summed E-state index contributed by atoms with van der Waals surface area (Å²) in [4.78, 5) is 0. The van der Waals surface area contributed by atoms with E-state index < -0.39 is 0 Å². The first-order valence-electron chi connectivity index (χ1n) is 8.03. The predicted octanol–water partition coefficient (Wildman–Crippen LogP) is 4.13. The van der Waals surface area contributed by atoms with Gasteiger partial charge in [0.05, 0.1) is 0 Å². The first kappa shape index (κ1) is 15.1. The van der Waals surface area contributed by atoms with Gasteiger partial charge in [-0.3, -0.25) is 0 Å². The number of nitrogens with one attached hydrogen (secondary N) is 1. The molecule has 1 atom stereocenters. The van der Waals surface area contributed by atoms with Crippen LogP contribution >= 0.6 is 0 Å². The average molecular weight is 301 g/mol. The lowest BCUT2D eigenvalue weighted by Crippen LogP contribution is -2.20. The second kappa shape index (κ2) is 6.99. The molecule has 0 aromatic heterocycles. The van der Waals surface area contributed by atoms with Crippen molar-refractivity contribution in [2.24, 2.45) is 5.92 Å². The first-order valence-corrected chi connectivity index (χ1v) is 8.03. The molecule has 2 aliphatic rings. The average Bonchev–Trinajstić information content (AvgIpc) is 2.61. The fourth-order valence-corrected chi connectivity index (χ4v) is 3.28. The van der Waals surface area contributed by atoms with Crippen molar-refractivity contribution in [3.8, 4) is 12.1 Å². The van der Waals surface area contributed by atoms with Crippen molar-refractivity contribution in [3.05, 3.63) is 70.5 Å². The number of allylic oxidation sites excluding steroid dienone is 6. The Balaban J connectivity index is 1.77. The summed E-state index contributed by atoms with van der Waals surface area (Å²) in [6.45, 7) is 0.828. The van der Waals surface area contributed by atoms with Gasteiger partial charge in [-0.05, 0) is 54.4 Å². The molecule has 0 spiro atoms. The highest BCUT2D eigenvalue weighted by Crippen LogP contribution is 2.37. The molecule has 0 heterocycles. The van der Waals surface area contributed by atoms with Crippen LogP contribution in [-0.4, -0.2) is 0 Å². The minimum atomic E-state index is 0.258. The van der Waals surface area contributed by atoms with Crippen molar-refractivity contribution in [1.82, 2.24) is 5.32 Å². The van der Waals surface area contributed by atoms with Gasteiger partial charge in [0.25, 0.3) is 0 Å². The van der Waals surface area contributed by atoms with Crippen LogP contribution in [0.4, 0.5) is 0 Å². The monoisotopic (exact) mass is 301 g/mol. The summed E-state index contributed by atoms with van der Waals surface area (Å²) in [6.07, 6.45) is 8.35. The molecule has 3 rings (SSSR count). The molecule has 1 unspecified atom stereocenters. The molecule has 3 heteroatoms. The van der Waals surface area contributed by atoms with Crippen molar-refractivity contribution in [1.29, 1.82) is 10.5 Å². The van der Waals surface area contributed by atoms with Gasteiger partial charge < -0.3 is 5.32 Å². The van der Waals surface area contributed by atoms with Gasteiger partial charge in [-0.25, -0.2) is 0 Å². The van der Waals surface area contributed by atoms with Crippen molar-refractivity contribution >= 4 is 0 Å². The van der Waals surface area contributed by atoms with Gasteiger partial charge in [-0.15, -0.1) is 0 Å². The van der Waals surface area contributed by atoms with Gasteiger partial charge in [0.2, 0.25) is 0 Å². The van der Waals surface area contributed by atoms with Crippen LogP contribution in [-0.2, 0) is 6.54 Å². The lowest BCUT2D eigenvalue weighted by atomic mass is 9.78. The first-order chi connectivity index (χ1) is 11.3. The van der Waals surface area contributed by atoms with E-state index in [-0.39, 0.29) is 5.57 Å². The van der Waals surface area contributed by atoms with Crippen LogP contribution in [0.2, 0.25) is 0 Å². The number of benzene rings is 1. The van der Waals surface area contributed by atoms with Crippen molar-refractivity contribution in [2.75, 3.05) is 0 Å². The molecule has 1 aromatic carbocycles. The third kappa shape index (κ3) is 3.52. The highest BCUT2D eigenvalue weighted by Gasteiger charge is 2.24. The van der Waals surface area contributed by atoms with Crippen molar-refractivity contribution in [3.63, 3.8) is 0 Å². The van der Waals surface area contributed by atoms with E-state index >= 15 is 0 Å². The highest BCUT2D eigenvalue weighted by atomic mass is 14.9. The van der Waals surface area contributed by atoms with Gasteiger partial charge >= 0.3 is 0 Å². The van der Waals surface area contributed by atoms with E-state index in [1.807, 2.05) is 30.3 Å². The Morgan fingerprint density at radius 1 is 1.04 bits per heavy atom. The standard InChI is InChI=1S/C20H19N3/c21-12-19(13-22)17-7-6-16-8-9-20(11-18(16)10-17)23-14-15-4-2-1-3-5-15/h1-5,10-11,16,23H,6-9,14H2. The number of rotatable bonds is 3. The summed E-state index contributed by atoms with van der Waals surface area (Å²) in [7, 11) is 0. The van der Waals surface area contributed by atoms with Crippen LogP contribution in [0, 0.1) is 28.6 Å². The van der Waals surface area contributed by atoms with Crippen LogP contribution in [0.25, 0.3) is 0 Å². The quantitative estimate of drug-likeness (QED) is 0.854. The molecular formula is C20H19N3. The lowest BCUT2D eigenvalue weighted by molar-refractivity contribution is 0.486. The molecule has 0 fully saturated rings. The third-order valence-corrected chi connectivity index (χ3v) is 4.58. The molecule has 0 radical (unpaired) electrons. The number of hydrogen-bond donors (Lipinski definition) is 1. The number of nitriles is 2. The molecule has 0 aliphatic heterocycles. The summed E-state index contributed by atoms with van der Waals surface area (Å²) in [5.41, 5.74) is 4.92. The topological polar surface area (TPSA) is 59.6 Å². The Morgan fingerprint density at radius 2 is 1.78 bits per heavy atom. The molecule has 1 aromatic rings. The lowest BCUT2D eigenvalue weighted by Gasteiger charge is -2.29. The van der Waals surface area contributed by atoms with Gasteiger partial charge in [0.15, 0.2) is 0 Å². The van der Waals surface area contributed by atoms with Crippen LogP contribution in [0.15, 0.2) is 64.9 Å². The predicted molar refractivity (Wildman–Crippen MR) is 89.7 cm³/mol. The maximum atomic E-state index is 9.05. The maximum Gasteiger partial charge on any atom is 0.132 e. The minimum Gasteiger partial charge on any atom is -0.384 e. The van der Waals surface area contributed by atoms with E-state index in [0.717, 1.165) is 37.8 Å². The Labute approximate surface area is 137 Å². The van der Waals surface area contributed by atoms with Crippen LogP contribution in [0.1, 0.15) is 31.2 Å². The van der Waals surface area contributed by atoms with Gasteiger partial charge in [-0.1, -0.05) is 36.4 Å². The molecule has 2 aliphatic carbocycles. The Hall–Kier alpha value is -2.78. The Morgan fingerprint density at radius 3 is 2.52 bits per heavy atom. The summed E-state index contributed by atoms with van der Waals surface area (Å²) >= 11 is 0. The maximum absolute atomic E-state index is 9.05. The molecule has 1 N–H and O–H groups in total. The summed E-state index contributed by atoms with van der Waals surface area (Å²) in [5.74, 6) is 0.569. The molecule has 114 valence electrons. The fraction of sp³-hybridized carbons (Fsp3) is 0.300. The van der Waals surface area contributed by atoms with Crippen LogP contribution in [0.5, 0.6) is 0 Å². The fourth-order valence-electron chi connectivity index (χ4n) is 3.28. The van der Waals surface area contributed by atoms with E-state index in [4.69, 9.17) is 10.5 Å². The molecule has 0 bridgehead atoms. The molecular weight excluding hydrogens is 282 g/mol. The van der Waals surface area contributed by atoms with Crippen LogP contribution in [0.3, 0.4) is 0 Å². The van der Waals surface area contributed by atoms with Gasteiger partial charge in [0.1, 0.15) is 17.7 Å². The van der Waals surface area contributed by atoms with E-state index in [9.17, 15) is 0 Å². The van der Waals surface area contributed by atoms with E-state index in [1.165, 1.54) is 16.8 Å². The summed E-state index contributed by atoms with van der Waals surface area (Å²) < 4.78 is 0. The Bertz CT molecular complexity index is 738. The van der Waals surface area contributed by atoms with E-state index in [2.05, 4.69) is 29.6 Å². The SMILES string of the molecule is N#CC(C#N)=C1C=C2C=C(NCc3ccccc3)CCC2CC1. The zero-order chi connectivity index (χ0) is 16.1. The smallest absolute Gasteiger partial charge is 0.132 e. The molecule has 0 saturated heterocycles. The number of fused-ring (bicyclic) bond motifs is 1. The van der Waals surface area contributed by atoms with Crippen LogP contribution < -0.4 is 5.32 Å². The van der Waals surface area contributed by atoms with E-state index in [1.54, 1.807) is 0 Å².